The van der Waals surface area contributed by atoms with Crippen molar-refractivity contribution in [3.63, 3.8) is 0 Å². The fourth-order valence-electron chi connectivity index (χ4n) is 1.44. The summed E-state index contributed by atoms with van der Waals surface area (Å²) in [5.41, 5.74) is 0.750. The fraction of sp³-hybridized carbons (Fsp3) is 0.0833. The minimum atomic E-state index is -0.616. The van der Waals surface area contributed by atoms with Crippen LogP contribution in [0.1, 0.15) is 0 Å². The van der Waals surface area contributed by atoms with E-state index < -0.39 is 5.95 Å². The van der Waals surface area contributed by atoms with Gasteiger partial charge in [-0.3, -0.25) is 0 Å². The summed E-state index contributed by atoms with van der Waals surface area (Å²) in [6, 6.07) is 6.54. The van der Waals surface area contributed by atoms with Gasteiger partial charge in [-0.1, -0.05) is 35.3 Å². The maximum Gasteiger partial charge on any atom is 0.221 e. The van der Waals surface area contributed by atoms with Gasteiger partial charge in [0.15, 0.2) is 0 Å². The molecule has 0 aliphatic rings. The standard InChI is InChI=1S/C12H8Cl2FNO/c1-17-7-5-9(12(15)16-6-7)8-3-2-4-10(13)11(8)14/h2-6H,1H3. The SMILES string of the molecule is COc1cnc(F)c(-c2cccc(Cl)c2Cl)c1. The number of hydrogen-bond donors (Lipinski definition) is 0. The van der Waals surface area contributed by atoms with Crippen LogP contribution < -0.4 is 4.74 Å². The molecular formula is C12H8Cl2FNO. The van der Waals surface area contributed by atoms with E-state index in [2.05, 4.69) is 4.98 Å². The Morgan fingerprint density at radius 2 is 2.00 bits per heavy atom. The van der Waals surface area contributed by atoms with E-state index in [0.29, 0.717) is 21.4 Å². The number of benzene rings is 1. The topological polar surface area (TPSA) is 22.1 Å². The van der Waals surface area contributed by atoms with Gasteiger partial charge in [-0.15, -0.1) is 0 Å². The van der Waals surface area contributed by atoms with Gasteiger partial charge < -0.3 is 4.74 Å². The molecule has 0 amide bonds. The lowest BCUT2D eigenvalue weighted by molar-refractivity contribution is 0.410. The predicted molar refractivity (Wildman–Crippen MR) is 66.2 cm³/mol. The largest absolute Gasteiger partial charge is 0.495 e. The average Bonchev–Trinajstić information content (AvgIpc) is 2.34. The summed E-state index contributed by atoms with van der Waals surface area (Å²) in [4.78, 5) is 3.60. The molecule has 0 bridgehead atoms. The number of pyridine rings is 1. The molecule has 0 aliphatic heterocycles. The smallest absolute Gasteiger partial charge is 0.221 e. The van der Waals surface area contributed by atoms with Gasteiger partial charge in [0.25, 0.3) is 0 Å². The third kappa shape index (κ3) is 2.35. The molecule has 5 heteroatoms. The van der Waals surface area contributed by atoms with E-state index in [1.807, 2.05) is 0 Å². The Hall–Kier alpha value is -1.32. The van der Waals surface area contributed by atoms with E-state index in [1.54, 1.807) is 18.2 Å². The van der Waals surface area contributed by atoms with Crippen molar-refractivity contribution in [2.45, 2.75) is 0 Å². The lowest BCUT2D eigenvalue weighted by atomic mass is 10.1. The van der Waals surface area contributed by atoms with Crippen molar-refractivity contribution < 1.29 is 9.13 Å². The Morgan fingerprint density at radius 3 is 2.71 bits per heavy atom. The predicted octanol–water partition coefficient (Wildman–Crippen LogP) is 4.20. The van der Waals surface area contributed by atoms with Gasteiger partial charge in [-0.2, -0.15) is 4.39 Å². The van der Waals surface area contributed by atoms with Crippen LogP contribution in [0.25, 0.3) is 11.1 Å². The second-order valence-electron chi connectivity index (χ2n) is 3.31. The zero-order valence-corrected chi connectivity index (χ0v) is 10.4. The van der Waals surface area contributed by atoms with Gasteiger partial charge in [0, 0.05) is 11.1 Å². The van der Waals surface area contributed by atoms with Crippen LogP contribution in [0.4, 0.5) is 4.39 Å². The molecule has 1 aromatic carbocycles. The Bertz CT molecular complexity index is 560. The minimum absolute atomic E-state index is 0.261. The monoisotopic (exact) mass is 271 g/mol. The summed E-state index contributed by atoms with van der Waals surface area (Å²) in [5, 5.41) is 0.662. The van der Waals surface area contributed by atoms with Crippen LogP contribution in [-0.4, -0.2) is 12.1 Å². The Kier molecular flexibility index (Phi) is 3.50. The van der Waals surface area contributed by atoms with Crippen LogP contribution in [0.2, 0.25) is 10.0 Å². The highest BCUT2D eigenvalue weighted by atomic mass is 35.5. The first-order chi connectivity index (χ1) is 8.13. The molecule has 0 atom stereocenters. The lowest BCUT2D eigenvalue weighted by Crippen LogP contribution is -1.92. The molecule has 0 unspecified atom stereocenters. The van der Waals surface area contributed by atoms with Crippen molar-refractivity contribution in [1.82, 2.24) is 4.98 Å². The molecule has 17 heavy (non-hydrogen) atoms. The average molecular weight is 272 g/mol. The van der Waals surface area contributed by atoms with E-state index in [1.165, 1.54) is 19.4 Å². The molecule has 0 aliphatic carbocycles. The highest BCUT2D eigenvalue weighted by Gasteiger charge is 2.13. The Morgan fingerprint density at radius 1 is 1.24 bits per heavy atom. The number of nitrogens with zero attached hydrogens (tertiary/aromatic N) is 1. The third-order valence-electron chi connectivity index (χ3n) is 2.29. The Balaban J connectivity index is 2.63. The molecule has 0 saturated carbocycles. The minimum Gasteiger partial charge on any atom is -0.495 e. The normalized spacial score (nSPS) is 10.4. The van der Waals surface area contributed by atoms with Gasteiger partial charge >= 0.3 is 0 Å². The van der Waals surface area contributed by atoms with Crippen LogP contribution in [0.3, 0.4) is 0 Å². The van der Waals surface area contributed by atoms with E-state index >= 15 is 0 Å². The van der Waals surface area contributed by atoms with Gasteiger partial charge in [0.1, 0.15) is 5.75 Å². The second kappa shape index (κ2) is 4.90. The van der Waals surface area contributed by atoms with Crippen LogP contribution >= 0.6 is 23.2 Å². The molecule has 0 N–H and O–H groups in total. The number of rotatable bonds is 2. The van der Waals surface area contributed by atoms with Gasteiger partial charge in [-0.25, -0.2) is 4.98 Å². The maximum atomic E-state index is 13.6. The number of ether oxygens (including phenoxy) is 1. The molecule has 88 valence electrons. The van der Waals surface area contributed by atoms with E-state index in [9.17, 15) is 4.39 Å². The van der Waals surface area contributed by atoms with E-state index in [-0.39, 0.29) is 5.56 Å². The van der Waals surface area contributed by atoms with Crippen molar-refractivity contribution in [3.8, 4) is 16.9 Å². The first-order valence-electron chi connectivity index (χ1n) is 4.77. The summed E-state index contributed by atoms with van der Waals surface area (Å²) in [6.07, 6.45) is 1.30. The molecule has 2 rings (SSSR count). The molecule has 1 aromatic heterocycles. The Labute approximate surface area is 108 Å². The summed E-state index contributed by atoms with van der Waals surface area (Å²) in [5.74, 6) is -0.160. The first kappa shape index (κ1) is 12.1. The van der Waals surface area contributed by atoms with Crippen molar-refractivity contribution in [2.75, 3.05) is 7.11 Å². The van der Waals surface area contributed by atoms with E-state index in [4.69, 9.17) is 27.9 Å². The molecule has 2 nitrogen and oxygen atoms in total. The molecule has 0 radical (unpaired) electrons. The third-order valence-corrected chi connectivity index (χ3v) is 3.11. The van der Waals surface area contributed by atoms with E-state index in [0.717, 1.165) is 0 Å². The maximum absolute atomic E-state index is 13.6. The van der Waals surface area contributed by atoms with Crippen molar-refractivity contribution in [2.24, 2.45) is 0 Å². The summed E-state index contributed by atoms with van der Waals surface area (Å²) in [7, 11) is 1.48. The van der Waals surface area contributed by atoms with Gasteiger partial charge in [0.2, 0.25) is 5.95 Å². The molecule has 0 spiro atoms. The van der Waals surface area contributed by atoms with Crippen LogP contribution in [-0.2, 0) is 0 Å². The van der Waals surface area contributed by atoms with Crippen LogP contribution in [0.5, 0.6) is 5.75 Å². The van der Waals surface area contributed by atoms with Gasteiger partial charge in [0.05, 0.1) is 23.4 Å². The quantitative estimate of drug-likeness (QED) is 0.764. The summed E-state index contributed by atoms with van der Waals surface area (Å²) >= 11 is 11.9. The molecular weight excluding hydrogens is 264 g/mol. The summed E-state index contributed by atoms with van der Waals surface area (Å²) < 4.78 is 18.6. The number of halogens is 3. The zero-order chi connectivity index (χ0) is 12.4. The first-order valence-corrected chi connectivity index (χ1v) is 5.53. The second-order valence-corrected chi connectivity index (χ2v) is 4.10. The lowest BCUT2D eigenvalue weighted by Gasteiger charge is -2.08. The van der Waals surface area contributed by atoms with Crippen LogP contribution in [0.15, 0.2) is 30.5 Å². The highest BCUT2D eigenvalue weighted by molar-refractivity contribution is 6.43. The number of aromatic nitrogens is 1. The van der Waals surface area contributed by atoms with Crippen molar-refractivity contribution in [1.29, 1.82) is 0 Å². The fourth-order valence-corrected chi connectivity index (χ4v) is 1.84. The number of hydrogen-bond acceptors (Lipinski definition) is 2. The number of methoxy groups -OCH3 is 1. The molecule has 1 heterocycles. The molecule has 0 fully saturated rings. The molecule has 0 saturated heterocycles. The molecule has 2 aromatic rings. The van der Waals surface area contributed by atoms with Crippen LogP contribution in [0, 0.1) is 5.95 Å². The van der Waals surface area contributed by atoms with Crippen molar-refractivity contribution in [3.05, 3.63) is 46.5 Å². The zero-order valence-electron chi connectivity index (χ0n) is 8.88. The highest BCUT2D eigenvalue weighted by Crippen LogP contribution is 2.35. The van der Waals surface area contributed by atoms with Crippen molar-refractivity contribution >= 4 is 23.2 Å². The summed E-state index contributed by atoms with van der Waals surface area (Å²) in [6.45, 7) is 0. The van der Waals surface area contributed by atoms with Gasteiger partial charge in [-0.05, 0) is 12.1 Å².